The first-order chi connectivity index (χ1) is 7.51. The van der Waals surface area contributed by atoms with Gasteiger partial charge in [0, 0.05) is 30.6 Å². The minimum absolute atomic E-state index is 0.129. The molecule has 1 aromatic rings. The Hall–Kier alpha value is -0.870. The van der Waals surface area contributed by atoms with Crippen molar-refractivity contribution >= 4 is 0 Å². The number of nitrogens with one attached hydrogen (secondary N) is 2. The molecule has 0 bridgehead atoms. The van der Waals surface area contributed by atoms with Gasteiger partial charge < -0.3 is 15.0 Å². The molecule has 0 atom stereocenters. The van der Waals surface area contributed by atoms with Crippen LogP contribution in [-0.4, -0.2) is 22.1 Å². The summed E-state index contributed by atoms with van der Waals surface area (Å²) in [5.74, 6) is 0.902. The van der Waals surface area contributed by atoms with Crippen molar-refractivity contribution in [2.24, 2.45) is 0 Å². The third-order valence-corrected chi connectivity index (χ3v) is 2.08. The topological polar surface area (TPSA) is 49.9 Å². The molecule has 0 spiro atoms. The van der Waals surface area contributed by atoms with E-state index >= 15 is 0 Å². The van der Waals surface area contributed by atoms with Gasteiger partial charge in [0.25, 0.3) is 0 Å². The number of aromatic nitrogens is 2. The van der Waals surface area contributed by atoms with Crippen LogP contribution in [0.15, 0.2) is 6.20 Å². The molecule has 0 aliphatic heterocycles. The van der Waals surface area contributed by atoms with E-state index in [1.54, 1.807) is 0 Å². The van der Waals surface area contributed by atoms with Crippen molar-refractivity contribution in [3.05, 3.63) is 17.7 Å². The second-order valence-corrected chi connectivity index (χ2v) is 5.01. The number of hydrogen-bond donors (Lipinski definition) is 2. The van der Waals surface area contributed by atoms with E-state index < -0.39 is 0 Å². The van der Waals surface area contributed by atoms with Crippen molar-refractivity contribution in [3.63, 3.8) is 0 Å². The molecule has 4 nitrogen and oxygen atoms in total. The molecule has 0 aliphatic rings. The average Bonchev–Trinajstić information content (AvgIpc) is 2.62. The van der Waals surface area contributed by atoms with Crippen LogP contribution in [0, 0.1) is 0 Å². The van der Waals surface area contributed by atoms with Gasteiger partial charge in [-0.1, -0.05) is 6.92 Å². The van der Waals surface area contributed by atoms with E-state index in [2.05, 4.69) is 43.0 Å². The molecule has 0 saturated heterocycles. The minimum Gasteiger partial charge on any atom is -0.374 e. The predicted molar refractivity (Wildman–Crippen MR) is 65.1 cm³/mol. The molecule has 0 saturated carbocycles. The third kappa shape index (κ3) is 5.28. The van der Waals surface area contributed by atoms with Crippen molar-refractivity contribution < 1.29 is 4.74 Å². The molecule has 1 heterocycles. The molecule has 0 fully saturated rings. The summed E-state index contributed by atoms with van der Waals surface area (Å²) in [5, 5.41) is 3.41. The maximum Gasteiger partial charge on any atom is 0.132 e. The van der Waals surface area contributed by atoms with E-state index in [1.807, 2.05) is 6.20 Å². The van der Waals surface area contributed by atoms with Gasteiger partial charge in [0.05, 0.1) is 0 Å². The molecule has 0 radical (unpaired) electrons. The third-order valence-electron chi connectivity index (χ3n) is 2.08. The highest BCUT2D eigenvalue weighted by atomic mass is 16.5. The Balaban J connectivity index is 2.33. The number of aromatic amines is 1. The van der Waals surface area contributed by atoms with Crippen molar-refractivity contribution in [3.8, 4) is 0 Å². The lowest BCUT2D eigenvalue weighted by Gasteiger charge is -2.19. The van der Waals surface area contributed by atoms with Crippen LogP contribution in [0.25, 0.3) is 0 Å². The van der Waals surface area contributed by atoms with E-state index in [4.69, 9.17) is 4.74 Å². The van der Waals surface area contributed by atoms with Crippen molar-refractivity contribution in [1.82, 2.24) is 15.3 Å². The number of H-pyrrole nitrogens is 1. The standard InChI is InChI=1S/C12H23N3O/c1-5-6-16-9-11-13-7-10(15-11)8-14-12(2,3)4/h7,14H,5-6,8-9H2,1-4H3,(H,13,15). The fraction of sp³-hybridized carbons (Fsp3) is 0.750. The molecule has 0 amide bonds. The summed E-state index contributed by atoms with van der Waals surface area (Å²) in [6.45, 7) is 10.7. The largest absolute Gasteiger partial charge is 0.374 e. The molecule has 16 heavy (non-hydrogen) atoms. The average molecular weight is 225 g/mol. The zero-order chi connectivity index (χ0) is 12.0. The van der Waals surface area contributed by atoms with Crippen LogP contribution in [0.2, 0.25) is 0 Å². The summed E-state index contributed by atoms with van der Waals surface area (Å²) < 4.78 is 5.41. The van der Waals surface area contributed by atoms with E-state index in [9.17, 15) is 0 Å². The predicted octanol–water partition coefficient (Wildman–Crippen LogP) is 2.22. The Labute approximate surface area is 97.8 Å². The molecule has 1 rings (SSSR count). The Morgan fingerprint density at radius 2 is 2.19 bits per heavy atom. The van der Waals surface area contributed by atoms with Crippen LogP contribution in [0.1, 0.15) is 45.6 Å². The molecular formula is C12H23N3O. The van der Waals surface area contributed by atoms with Gasteiger partial charge in [-0.25, -0.2) is 4.98 Å². The zero-order valence-corrected chi connectivity index (χ0v) is 10.8. The highest BCUT2D eigenvalue weighted by Gasteiger charge is 2.09. The van der Waals surface area contributed by atoms with E-state index in [-0.39, 0.29) is 5.54 Å². The summed E-state index contributed by atoms with van der Waals surface area (Å²) in [5.41, 5.74) is 1.23. The Morgan fingerprint density at radius 1 is 1.44 bits per heavy atom. The first-order valence-corrected chi connectivity index (χ1v) is 5.87. The summed E-state index contributed by atoms with van der Waals surface area (Å²) in [7, 11) is 0. The van der Waals surface area contributed by atoms with Crippen LogP contribution in [0.4, 0.5) is 0 Å². The van der Waals surface area contributed by atoms with Gasteiger partial charge in [-0.3, -0.25) is 0 Å². The first kappa shape index (κ1) is 13.2. The van der Waals surface area contributed by atoms with Gasteiger partial charge in [-0.05, 0) is 27.2 Å². The van der Waals surface area contributed by atoms with Crippen LogP contribution in [0.5, 0.6) is 0 Å². The lowest BCUT2D eigenvalue weighted by Crippen LogP contribution is -2.35. The number of nitrogens with zero attached hydrogens (tertiary/aromatic N) is 1. The highest BCUT2D eigenvalue weighted by molar-refractivity contribution is 5.00. The lowest BCUT2D eigenvalue weighted by molar-refractivity contribution is 0.116. The molecule has 2 N–H and O–H groups in total. The fourth-order valence-electron chi connectivity index (χ4n) is 1.24. The second-order valence-electron chi connectivity index (χ2n) is 5.01. The van der Waals surface area contributed by atoms with Crippen molar-refractivity contribution in [2.45, 2.75) is 52.8 Å². The zero-order valence-electron chi connectivity index (χ0n) is 10.8. The summed E-state index contributed by atoms with van der Waals surface area (Å²) in [6, 6.07) is 0. The van der Waals surface area contributed by atoms with E-state index in [0.29, 0.717) is 6.61 Å². The molecule has 1 aromatic heterocycles. The normalized spacial score (nSPS) is 12.0. The lowest BCUT2D eigenvalue weighted by atomic mass is 10.1. The van der Waals surface area contributed by atoms with Crippen LogP contribution >= 0.6 is 0 Å². The fourth-order valence-corrected chi connectivity index (χ4v) is 1.24. The van der Waals surface area contributed by atoms with Gasteiger partial charge in [-0.2, -0.15) is 0 Å². The smallest absolute Gasteiger partial charge is 0.132 e. The highest BCUT2D eigenvalue weighted by Crippen LogP contribution is 2.03. The monoisotopic (exact) mass is 225 g/mol. The number of rotatable bonds is 6. The molecule has 0 aromatic carbocycles. The molecule has 0 aliphatic carbocycles. The maximum atomic E-state index is 5.41. The Morgan fingerprint density at radius 3 is 2.81 bits per heavy atom. The van der Waals surface area contributed by atoms with E-state index in [0.717, 1.165) is 31.1 Å². The first-order valence-electron chi connectivity index (χ1n) is 5.87. The van der Waals surface area contributed by atoms with Gasteiger partial charge in [-0.15, -0.1) is 0 Å². The quantitative estimate of drug-likeness (QED) is 0.730. The SMILES string of the molecule is CCCOCc1ncc(CNC(C)(C)C)[nH]1. The summed E-state index contributed by atoms with van der Waals surface area (Å²) in [6.07, 6.45) is 2.91. The van der Waals surface area contributed by atoms with Crippen LogP contribution < -0.4 is 5.32 Å². The number of imidazole rings is 1. The molecule has 92 valence electrons. The Kier molecular flexibility index (Phi) is 4.96. The van der Waals surface area contributed by atoms with Crippen LogP contribution in [0.3, 0.4) is 0 Å². The van der Waals surface area contributed by atoms with Gasteiger partial charge in [0.2, 0.25) is 0 Å². The maximum absolute atomic E-state index is 5.41. The summed E-state index contributed by atoms with van der Waals surface area (Å²) >= 11 is 0. The molecular weight excluding hydrogens is 202 g/mol. The minimum atomic E-state index is 0.129. The van der Waals surface area contributed by atoms with E-state index in [1.165, 1.54) is 0 Å². The van der Waals surface area contributed by atoms with Gasteiger partial charge in [0.1, 0.15) is 12.4 Å². The van der Waals surface area contributed by atoms with Crippen molar-refractivity contribution in [2.75, 3.05) is 6.61 Å². The second kappa shape index (κ2) is 6.01. The van der Waals surface area contributed by atoms with Gasteiger partial charge in [0.15, 0.2) is 0 Å². The summed E-state index contributed by atoms with van der Waals surface area (Å²) in [4.78, 5) is 7.51. The van der Waals surface area contributed by atoms with Gasteiger partial charge >= 0.3 is 0 Å². The number of hydrogen-bond acceptors (Lipinski definition) is 3. The number of ether oxygens (including phenoxy) is 1. The molecule has 0 unspecified atom stereocenters. The van der Waals surface area contributed by atoms with Crippen molar-refractivity contribution in [1.29, 1.82) is 0 Å². The molecule has 4 heteroatoms. The van der Waals surface area contributed by atoms with Crippen LogP contribution in [-0.2, 0) is 17.9 Å². The Bertz CT molecular complexity index is 301.